The molecule has 11 nitrogen and oxygen atoms in total. The van der Waals surface area contributed by atoms with Crippen LogP contribution in [0.5, 0.6) is 0 Å². The van der Waals surface area contributed by atoms with Crippen molar-refractivity contribution in [2.24, 2.45) is 0 Å². The molecule has 2 aliphatic rings. The highest BCUT2D eigenvalue weighted by Gasteiger charge is 2.52. The Balaban J connectivity index is 1.12. The third kappa shape index (κ3) is 10.8. The van der Waals surface area contributed by atoms with Gasteiger partial charge in [-0.1, -0.05) is 127 Å². The summed E-state index contributed by atoms with van der Waals surface area (Å²) >= 11 is 0. The van der Waals surface area contributed by atoms with Crippen LogP contribution in [0, 0.1) is 0 Å². The molecule has 0 aliphatic carbocycles. The van der Waals surface area contributed by atoms with Crippen molar-refractivity contribution in [2.45, 2.75) is 69.0 Å². The number of methoxy groups -OCH3 is 1. The van der Waals surface area contributed by atoms with E-state index in [9.17, 15) is 9.59 Å². The Hall–Kier alpha value is -5.24. The predicted molar refractivity (Wildman–Crippen MR) is 208 cm³/mol. The summed E-state index contributed by atoms with van der Waals surface area (Å²) in [6.45, 7) is 0.495. The van der Waals surface area contributed by atoms with Crippen LogP contribution in [-0.4, -0.2) is 81.5 Å². The molecule has 5 aromatic rings. The zero-order valence-electron chi connectivity index (χ0n) is 31.6. The highest BCUT2D eigenvalue weighted by Crippen LogP contribution is 2.33. The van der Waals surface area contributed by atoms with Crippen molar-refractivity contribution in [1.29, 1.82) is 0 Å². The Morgan fingerprint density at radius 1 is 0.456 bits per heavy atom. The van der Waals surface area contributed by atoms with E-state index in [0.717, 1.165) is 16.7 Å². The standard InChI is InChI=1S/C46H46O11/c1-49-45-41(51-28-33-19-9-3-10-20-33)39(50-27-32-17-7-2-8-18-32)37(55-45)31-54-46-42(52-29-34-21-11-4-12-22-34)40(57-44(48)36-25-15-6-16-26-36)38(56-46)30-53-43(47)35-23-13-5-14-24-35/h2-26,37-42,45-46H,27-31H2,1H3/t37-,38-,39-,40-,41+,42+,45+,46+/m1/s1. The maximum Gasteiger partial charge on any atom is 0.338 e. The molecule has 2 fully saturated rings. The van der Waals surface area contributed by atoms with Crippen LogP contribution in [0.2, 0.25) is 0 Å². The van der Waals surface area contributed by atoms with Gasteiger partial charge in [0.05, 0.1) is 37.6 Å². The average molecular weight is 775 g/mol. The van der Waals surface area contributed by atoms with Gasteiger partial charge in [-0.2, -0.15) is 0 Å². The van der Waals surface area contributed by atoms with Gasteiger partial charge in [-0.25, -0.2) is 9.59 Å². The topological polar surface area (TPSA) is 117 Å². The summed E-state index contributed by atoms with van der Waals surface area (Å²) in [6, 6.07) is 46.5. The van der Waals surface area contributed by atoms with E-state index in [4.69, 9.17) is 42.6 Å². The predicted octanol–water partition coefficient (Wildman–Crippen LogP) is 6.94. The van der Waals surface area contributed by atoms with Crippen molar-refractivity contribution < 1.29 is 52.2 Å². The molecule has 2 saturated heterocycles. The maximum atomic E-state index is 13.6. The minimum Gasteiger partial charge on any atom is -0.459 e. The molecule has 11 heteroatoms. The van der Waals surface area contributed by atoms with E-state index in [0.29, 0.717) is 24.3 Å². The van der Waals surface area contributed by atoms with Crippen molar-refractivity contribution in [1.82, 2.24) is 0 Å². The lowest BCUT2D eigenvalue weighted by Gasteiger charge is -2.27. The third-order valence-corrected chi connectivity index (χ3v) is 9.69. The minimum absolute atomic E-state index is 0.0315. The molecule has 296 valence electrons. The second-order valence-corrected chi connectivity index (χ2v) is 13.6. The molecule has 7 rings (SSSR count). The Morgan fingerprint density at radius 3 is 1.35 bits per heavy atom. The number of ether oxygens (including phenoxy) is 9. The molecule has 0 radical (unpaired) electrons. The fourth-order valence-electron chi connectivity index (χ4n) is 6.74. The Morgan fingerprint density at radius 2 is 0.860 bits per heavy atom. The average Bonchev–Trinajstić information content (AvgIpc) is 3.79. The van der Waals surface area contributed by atoms with Crippen molar-refractivity contribution in [2.75, 3.05) is 20.3 Å². The number of carbonyl (C=O) groups excluding carboxylic acids is 2. The molecule has 5 aromatic carbocycles. The first-order valence-electron chi connectivity index (χ1n) is 19.0. The smallest absolute Gasteiger partial charge is 0.338 e. The van der Waals surface area contributed by atoms with Crippen LogP contribution in [0.25, 0.3) is 0 Å². The summed E-state index contributed by atoms with van der Waals surface area (Å²) in [4.78, 5) is 26.6. The molecular formula is C46H46O11. The van der Waals surface area contributed by atoms with Crippen LogP contribution in [0.15, 0.2) is 152 Å². The minimum atomic E-state index is -1.08. The first-order valence-corrected chi connectivity index (χ1v) is 19.0. The first-order chi connectivity index (χ1) is 28.1. The van der Waals surface area contributed by atoms with Gasteiger partial charge in [0.25, 0.3) is 0 Å². The van der Waals surface area contributed by atoms with E-state index in [1.807, 2.05) is 103 Å². The van der Waals surface area contributed by atoms with Gasteiger partial charge in [0.15, 0.2) is 18.7 Å². The van der Waals surface area contributed by atoms with Gasteiger partial charge >= 0.3 is 11.9 Å². The lowest BCUT2D eigenvalue weighted by Crippen LogP contribution is -2.43. The Bertz CT molecular complexity index is 1950. The molecule has 0 saturated carbocycles. The summed E-state index contributed by atoms with van der Waals surface area (Å²) in [7, 11) is 1.56. The number of benzene rings is 5. The largest absolute Gasteiger partial charge is 0.459 e. The fraction of sp³-hybridized carbons (Fsp3) is 0.304. The third-order valence-electron chi connectivity index (χ3n) is 9.69. The van der Waals surface area contributed by atoms with Gasteiger partial charge in [-0.15, -0.1) is 0 Å². The van der Waals surface area contributed by atoms with E-state index >= 15 is 0 Å². The van der Waals surface area contributed by atoms with Gasteiger partial charge in [0.2, 0.25) is 0 Å². The lowest BCUT2D eigenvalue weighted by molar-refractivity contribution is -0.211. The number of carbonyl (C=O) groups is 2. The number of esters is 2. The molecular weight excluding hydrogens is 728 g/mol. The van der Waals surface area contributed by atoms with Crippen molar-refractivity contribution in [3.8, 4) is 0 Å². The molecule has 0 bridgehead atoms. The number of hydrogen-bond acceptors (Lipinski definition) is 11. The molecule has 0 spiro atoms. The molecule has 2 heterocycles. The van der Waals surface area contributed by atoms with Crippen LogP contribution in [-0.2, 0) is 62.5 Å². The monoisotopic (exact) mass is 774 g/mol. The molecule has 0 amide bonds. The Labute approximate surface area is 332 Å². The summed E-state index contributed by atoms with van der Waals surface area (Å²) in [5.41, 5.74) is 3.56. The van der Waals surface area contributed by atoms with Gasteiger partial charge in [-0.3, -0.25) is 0 Å². The van der Waals surface area contributed by atoms with Crippen LogP contribution in [0.3, 0.4) is 0 Å². The Kier molecular flexibility index (Phi) is 14.2. The summed E-state index contributed by atoms with van der Waals surface area (Å²) in [5.74, 6) is -1.14. The molecule has 2 aliphatic heterocycles. The summed E-state index contributed by atoms with van der Waals surface area (Å²) in [5, 5.41) is 0. The van der Waals surface area contributed by atoms with E-state index in [1.165, 1.54) is 0 Å². The molecule has 8 atom stereocenters. The lowest BCUT2D eigenvalue weighted by atomic mass is 10.1. The zero-order valence-corrected chi connectivity index (χ0v) is 31.6. The molecule has 0 aromatic heterocycles. The molecule has 0 unspecified atom stereocenters. The van der Waals surface area contributed by atoms with Crippen LogP contribution in [0.4, 0.5) is 0 Å². The number of rotatable bonds is 18. The highest BCUT2D eigenvalue weighted by atomic mass is 16.8. The van der Waals surface area contributed by atoms with Crippen molar-refractivity contribution in [3.05, 3.63) is 179 Å². The second-order valence-electron chi connectivity index (χ2n) is 13.6. The van der Waals surface area contributed by atoms with Crippen LogP contribution < -0.4 is 0 Å². The van der Waals surface area contributed by atoms with Gasteiger partial charge < -0.3 is 42.6 Å². The van der Waals surface area contributed by atoms with Crippen molar-refractivity contribution in [3.63, 3.8) is 0 Å². The second kappa shape index (κ2) is 20.3. The quantitative estimate of drug-likeness (QED) is 0.0863. The SMILES string of the molecule is CO[C@H]1O[C@H](CO[C@H]2O[C@H](COC(=O)c3ccccc3)[C@@H](OC(=O)c3ccccc3)[C@@H]2OCc2ccccc2)[C@@H](OCc2ccccc2)[C@@H]1OCc1ccccc1. The summed E-state index contributed by atoms with van der Waals surface area (Å²) < 4.78 is 56.4. The number of hydrogen-bond donors (Lipinski definition) is 0. The fourth-order valence-corrected chi connectivity index (χ4v) is 6.74. The van der Waals surface area contributed by atoms with Crippen LogP contribution in [0.1, 0.15) is 37.4 Å². The van der Waals surface area contributed by atoms with E-state index in [-0.39, 0.29) is 19.8 Å². The van der Waals surface area contributed by atoms with Crippen LogP contribution >= 0.6 is 0 Å². The highest BCUT2D eigenvalue weighted by molar-refractivity contribution is 5.90. The van der Waals surface area contributed by atoms with E-state index in [1.54, 1.807) is 55.6 Å². The van der Waals surface area contributed by atoms with Gasteiger partial charge in [0.1, 0.15) is 37.1 Å². The van der Waals surface area contributed by atoms with E-state index in [2.05, 4.69) is 0 Å². The molecule has 0 N–H and O–H groups in total. The first kappa shape index (κ1) is 40.0. The van der Waals surface area contributed by atoms with Gasteiger partial charge in [-0.05, 0) is 41.0 Å². The van der Waals surface area contributed by atoms with Crippen molar-refractivity contribution >= 4 is 11.9 Å². The maximum absolute atomic E-state index is 13.6. The summed E-state index contributed by atoms with van der Waals surface area (Å²) in [6.07, 6.45) is -6.64. The normalized spacial score (nSPS) is 24.2. The van der Waals surface area contributed by atoms with E-state index < -0.39 is 61.1 Å². The molecule has 57 heavy (non-hydrogen) atoms. The van der Waals surface area contributed by atoms with Gasteiger partial charge in [0, 0.05) is 7.11 Å². The zero-order chi connectivity index (χ0) is 39.2.